The van der Waals surface area contributed by atoms with E-state index >= 15 is 0 Å². The summed E-state index contributed by atoms with van der Waals surface area (Å²) in [6, 6.07) is 0.432. The standard InChI is InChI=1S/C12H20N6/c1-4-6-8(5-2)16-11-9-10(15-7-14-9)17-12(13-3)18-11/h7-8H,4-6H2,1-3H3,(H3,13,14,15,16,17,18). The molecule has 98 valence electrons. The van der Waals surface area contributed by atoms with E-state index in [2.05, 4.69) is 44.4 Å². The van der Waals surface area contributed by atoms with E-state index in [0.717, 1.165) is 30.6 Å². The molecule has 0 bridgehead atoms. The van der Waals surface area contributed by atoms with E-state index in [-0.39, 0.29) is 0 Å². The van der Waals surface area contributed by atoms with Gasteiger partial charge < -0.3 is 15.6 Å². The number of hydrogen-bond acceptors (Lipinski definition) is 5. The second-order valence-corrected chi connectivity index (χ2v) is 4.29. The molecule has 0 saturated carbocycles. The van der Waals surface area contributed by atoms with Gasteiger partial charge in [-0.15, -0.1) is 0 Å². The monoisotopic (exact) mass is 248 g/mol. The van der Waals surface area contributed by atoms with Crippen LogP contribution in [0.25, 0.3) is 11.2 Å². The van der Waals surface area contributed by atoms with E-state index in [1.165, 1.54) is 0 Å². The molecule has 0 fully saturated rings. The molecule has 3 N–H and O–H groups in total. The summed E-state index contributed by atoms with van der Waals surface area (Å²) in [4.78, 5) is 16.0. The smallest absolute Gasteiger partial charge is 0.226 e. The van der Waals surface area contributed by atoms with Crippen molar-refractivity contribution in [1.82, 2.24) is 19.9 Å². The Morgan fingerprint density at radius 2 is 2.17 bits per heavy atom. The lowest BCUT2D eigenvalue weighted by Crippen LogP contribution is -2.19. The molecular formula is C12H20N6. The minimum Gasteiger partial charge on any atom is -0.365 e. The third-order valence-corrected chi connectivity index (χ3v) is 2.98. The summed E-state index contributed by atoms with van der Waals surface area (Å²) < 4.78 is 0. The van der Waals surface area contributed by atoms with Gasteiger partial charge in [0.2, 0.25) is 5.95 Å². The maximum absolute atomic E-state index is 4.46. The molecule has 2 heterocycles. The van der Waals surface area contributed by atoms with Crippen LogP contribution in [0.5, 0.6) is 0 Å². The zero-order valence-corrected chi connectivity index (χ0v) is 11.1. The SMILES string of the molecule is CCCC(CC)Nc1nc(NC)nc2nc[nH]c12. The van der Waals surface area contributed by atoms with Crippen LogP contribution in [0, 0.1) is 0 Å². The Hall–Kier alpha value is -1.85. The van der Waals surface area contributed by atoms with Gasteiger partial charge in [-0.25, -0.2) is 4.98 Å². The van der Waals surface area contributed by atoms with E-state index in [4.69, 9.17) is 0 Å². The predicted molar refractivity (Wildman–Crippen MR) is 73.8 cm³/mol. The molecule has 0 saturated heterocycles. The quantitative estimate of drug-likeness (QED) is 0.731. The summed E-state index contributed by atoms with van der Waals surface area (Å²) in [6.07, 6.45) is 5.00. The van der Waals surface area contributed by atoms with Crippen LogP contribution in [0.3, 0.4) is 0 Å². The Kier molecular flexibility index (Phi) is 3.96. The summed E-state index contributed by atoms with van der Waals surface area (Å²) in [7, 11) is 1.81. The molecule has 2 aromatic rings. The van der Waals surface area contributed by atoms with Crippen LogP contribution in [0.2, 0.25) is 0 Å². The molecule has 6 heteroatoms. The van der Waals surface area contributed by atoms with Gasteiger partial charge in [-0.05, 0) is 12.8 Å². The van der Waals surface area contributed by atoms with Gasteiger partial charge in [-0.3, -0.25) is 0 Å². The Morgan fingerprint density at radius 1 is 1.33 bits per heavy atom. The number of rotatable bonds is 6. The molecule has 0 aromatic carbocycles. The molecule has 0 spiro atoms. The molecule has 0 aliphatic heterocycles. The van der Waals surface area contributed by atoms with Crippen LogP contribution in [0.1, 0.15) is 33.1 Å². The second-order valence-electron chi connectivity index (χ2n) is 4.29. The number of H-pyrrole nitrogens is 1. The number of anilines is 2. The molecule has 1 unspecified atom stereocenters. The molecule has 0 aliphatic rings. The van der Waals surface area contributed by atoms with Gasteiger partial charge in [-0.1, -0.05) is 20.3 Å². The Labute approximate surface area is 107 Å². The van der Waals surface area contributed by atoms with Crippen molar-refractivity contribution >= 4 is 22.9 Å². The number of aromatic amines is 1. The zero-order valence-electron chi connectivity index (χ0n) is 11.1. The van der Waals surface area contributed by atoms with Crippen LogP contribution in [0.4, 0.5) is 11.8 Å². The van der Waals surface area contributed by atoms with E-state index in [1.54, 1.807) is 13.4 Å². The van der Waals surface area contributed by atoms with Crippen LogP contribution < -0.4 is 10.6 Å². The number of hydrogen-bond donors (Lipinski definition) is 3. The van der Waals surface area contributed by atoms with Gasteiger partial charge in [0.25, 0.3) is 0 Å². The van der Waals surface area contributed by atoms with Gasteiger partial charge in [0, 0.05) is 13.1 Å². The molecular weight excluding hydrogens is 228 g/mol. The Balaban J connectivity index is 2.32. The van der Waals surface area contributed by atoms with E-state index in [9.17, 15) is 0 Å². The third-order valence-electron chi connectivity index (χ3n) is 2.98. The van der Waals surface area contributed by atoms with Crippen molar-refractivity contribution in [3.63, 3.8) is 0 Å². The largest absolute Gasteiger partial charge is 0.365 e. The van der Waals surface area contributed by atoms with Gasteiger partial charge >= 0.3 is 0 Å². The molecule has 0 radical (unpaired) electrons. The summed E-state index contributed by atoms with van der Waals surface area (Å²) in [6.45, 7) is 4.37. The van der Waals surface area contributed by atoms with Crippen molar-refractivity contribution in [3.8, 4) is 0 Å². The molecule has 1 atom stereocenters. The molecule has 0 aliphatic carbocycles. The van der Waals surface area contributed by atoms with Crippen molar-refractivity contribution in [3.05, 3.63) is 6.33 Å². The van der Waals surface area contributed by atoms with Gasteiger partial charge in [0.1, 0.15) is 5.52 Å². The van der Waals surface area contributed by atoms with Crippen molar-refractivity contribution < 1.29 is 0 Å². The van der Waals surface area contributed by atoms with E-state index in [1.807, 2.05) is 0 Å². The number of aromatic nitrogens is 4. The fourth-order valence-electron chi connectivity index (χ4n) is 1.97. The van der Waals surface area contributed by atoms with Gasteiger partial charge in [-0.2, -0.15) is 9.97 Å². The van der Waals surface area contributed by atoms with Crippen molar-refractivity contribution in [2.45, 2.75) is 39.2 Å². The highest BCUT2D eigenvalue weighted by molar-refractivity contribution is 5.83. The first-order valence-corrected chi connectivity index (χ1v) is 6.43. The number of nitrogens with zero attached hydrogens (tertiary/aromatic N) is 3. The summed E-state index contributed by atoms with van der Waals surface area (Å²) in [5.41, 5.74) is 1.55. The maximum atomic E-state index is 4.46. The highest BCUT2D eigenvalue weighted by atomic mass is 15.2. The molecule has 6 nitrogen and oxygen atoms in total. The Bertz CT molecular complexity index is 506. The second kappa shape index (κ2) is 5.66. The highest BCUT2D eigenvalue weighted by Crippen LogP contribution is 2.20. The van der Waals surface area contributed by atoms with Crippen LogP contribution in [-0.2, 0) is 0 Å². The lowest BCUT2D eigenvalue weighted by molar-refractivity contribution is 0.621. The normalized spacial score (nSPS) is 12.6. The van der Waals surface area contributed by atoms with Gasteiger partial charge in [0.15, 0.2) is 11.5 Å². The number of imidazole rings is 1. The minimum atomic E-state index is 0.432. The van der Waals surface area contributed by atoms with Crippen LogP contribution >= 0.6 is 0 Å². The summed E-state index contributed by atoms with van der Waals surface area (Å²) >= 11 is 0. The predicted octanol–water partition coefficient (Wildman–Crippen LogP) is 2.39. The average Bonchev–Trinajstić information content (AvgIpc) is 2.86. The fourth-order valence-corrected chi connectivity index (χ4v) is 1.97. The van der Waals surface area contributed by atoms with Crippen molar-refractivity contribution in [2.75, 3.05) is 17.7 Å². The zero-order chi connectivity index (χ0) is 13.0. The maximum Gasteiger partial charge on any atom is 0.226 e. The number of nitrogens with one attached hydrogen (secondary N) is 3. The number of fused-ring (bicyclic) bond motifs is 1. The molecule has 0 amide bonds. The average molecular weight is 248 g/mol. The topological polar surface area (TPSA) is 78.5 Å². The highest BCUT2D eigenvalue weighted by Gasteiger charge is 2.12. The lowest BCUT2D eigenvalue weighted by atomic mass is 10.1. The van der Waals surface area contributed by atoms with E-state index < -0.39 is 0 Å². The molecule has 2 aromatic heterocycles. The van der Waals surface area contributed by atoms with Crippen molar-refractivity contribution in [2.24, 2.45) is 0 Å². The van der Waals surface area contributed by atoms with Crippen LogP contribution in [0.15, 0.2) is 6.33 Å². The van der Waals surface area contributed by atoms with E-state index in [0.29, 0.717) is 17.6 Å². The summed E-state index contributed by atoms with van der Waals surface area (Å²) in [5.74, 6) is 1.41. The Morgan fingerprint density at radius 3 is 2.83 bits per heavy atom. The van der Waals surface area contributed by atoms with Crippen LogP contribution in [-0.4, -0.2) is 33.0 Å². The molecule has 2 rings (SSSR count). The van der Waals surface area contributed by atoms with Crippen molar-refractivity contribution in [1.29, 1.82) is 0 Å². The fraction of sp³-hybridized carbons (Fsp3) is 0.583. The first-order chi connectivity index (χ1) is 8.78. The minimum absolute atomic E-state index is 0.432. The van der Waals surface area contributed by atoms with Gasteiger partial charge in [0.05, 0.1) is 6.33 Å². The summed E-state index contributed by atoms with van der Waals surface area (Å²) in [5, 5.41) is 6.43. The molecule has 18 heavy (non-hydrogen) atoms. The first-order valence-electron chi connectivity index (χ1n) is 6.43. The lowest BCUT2D eigenvalue weighted by Gasteiger charge is -2.17. The third kappa shape index (κ3) is 2.52. The first kappa shape index (κ1) is 12.6.